The van der Waals surface area contributed by atoms with Gasteiger partial charge in [-0.25, -0.2) is 0 Å². The predicted molar refractivity (Wildman–Crippen MR) is 68.0 cm³/mol. The van der Waals surface area contributed by atoms with Crippen molar-refractivity contribution >= 4 is 29.2 Å². The highest BCUT2D eigenvalue weighted by Crippen LogP contribution is 2.07. The van der Waals surface area contributed by atoms with E-state index in [1.54, 1.807) is 6.92 Å². The zero-order valence-electron chi connectivity index (χ0n) is 8.96. The molecule has 0 fully saturated rings. The summed E-state index contributed by atoms with van der Waals surface area (Å²) < 4.78 is 0. The lowest BCUT2D eigenvalue weighted by atomic mass is 10.1. The minimum atomic E-state index is 0.116. The minimum absolute atomic E-state index is 0.116. The molecule has 3 nitrogen and oxygen atoms in total. The number of carbonyl (C=O) groups is 1. The van der Waals surface area contributed by atoms with Gasteiger partial charge in [-0.3, -0.25) is 4.79 Å². The monoisotopic (exact) mass is 235 g/mol. The third-order valence-electron chi connectivity index (χ3n) is 1.81. The van der Waals surface area contributed by atoms with Crippen LogP contribution in [-0.2, 0) is 4.79 Å². The molecule has 0 saturated heterocycles. The van der Waals surface area contributed by atoms with Gasteiger partial charge in [-0.1, -0.05) is 47.3 Å². The summed E-state index contributed by atoms with van der Waals surface area (Å²) >= 11 is 1.27. The second kappa shape index (κ2) is 6.85. The molecule has 0 aliphatic heterocycles. The lowest BCUT2D eigenvalue weighted by molar-refractivity contribution is -0.109. The molecule has 0 aromatic heterocycles. The second-order valence-electron chi connectivity index (χ2n) is 3.12. The van der Waals surface area contributed by atoms with Crippen molar-refractivity contribution in [1.82, 2.24) is 0 Å². The Bertz CT molecular complexity index is 413. The Kier molecular flexibility index (Phi) is 5.36. The van der Waals surface area contributed by atoms with Gasteiger partial charge in [-0.15, -0.1) is 0 Å². The van der Waals surface area contributed by atoms with E-state index in [9.17, 15) is 4.79 Å². The van der Waals surface area contributed by atoms with Crippen LogP contribution in [0.2, 0.25) is 0 Å². The Balaban J connectivity index is 2.59. The highest BCUT2D eigenvalue weighted by molar-refractivity contribution is 8.13. The van der Waals surface area contributed by atoms with E-state index in [4.69, 9.17) is 5.21 Å². The summed E-state index contributed by atoms with van der Waals surface area (Å²) in [5.41, 5.74) is 1.85. The Morgan fingerprint density at radius 3 is 2.94 bits per heavy atom. The molecule has 0 amide bonds. The van der Waals surface area contributed by atoms with Crippen LogP contribution in [-0.4, -0.2) is 22.3 Å². The fourth-order valence-electron chi connectivity index (χ4n) is 1.16. The molecular formula is C12H13NO2S. The van der Waals surface area contributed by atoms with E-state index in [1.165, 1.54) is 18.0 Å². The van der Waals surface area contributed by atoms with E-state index >= 15 is 0 Å². The molecule has 0 heterocycles. The van der Waals surface area contributed by atoms with Crippen LogP contribution in [0.25, 0.3) is 6.08 Å². The fraction of sp³-hybridized carbons (Fsp3) is 0.167. The third-order valence-corrected chi connectivity index (χ3v) is 2.58. The van der Waals surface area contributed by atoms with Gasteiger partial charge in [0.1, 0.15) is 0 Å². The van der Waals surface area contributed by atoms with Gasteiger partial charge in [0.05, 0.1) is 6.21 Å². The van der Waals surface area contributed by atoms with Gasteiger partial charge >= 0.3 is 0 Å². The van der Waals surface area contributed by atoms with Gasteiger partial charge in [-0.05, 0) is 17.2 Å². The van der Waals surface area contributed by atoms with Crippen LogP contribution < -0.4 is 0 Å². The van der Waals surface area contributed by atoms with Crippen molar-refractivity contribution in [2.75, 3.05) is 5.75 Å². The Morgan fingerprint density at radius 1 is 1.50 bits per heavy atom. The van der Waals surface area contributed by atoms with Crippen LogP contribution in [0.3, 0.4) is 0 Å². The summed E-state index contributed by atoms with van der Waals surface area (Å²) in [6.07, 6.45) is 5.24. The molecule has 0 radical (unpaired) electrons. The molecule has 0 spiro atoms. The van der Waals surface area contributed by atoms with Gasteiger partial charge in [0.15, 0.2) is 5.12 Å². The van der Waals surface area contributed by atoms with E-state index in [1.807, 2.05) is 36.4 Å². The summed E-state index contributed by atoms with van der Waals surface area (Å²) in [7, 11) is 0. The van der Waals surface area contributed by atoms with Crippen LogP contribution in [0.5, 0.6) is 0 Å². The van der Waals surface area contributed by atoms with E-state index in [2.05, 4.69) is 5.16 Å². The summed E-state index contributed by atoms with van der Waals surface area (Å²) in [5.74, 6) is 0.674. The number of hydrogen-bond donors (Lipinski definition) is 1. The molecule has 0 atom stereocenters. The van der Waals surface area contributed by atoms with Crippen molar-refractivity contribution < 1.29 is 10.0 Å². The topological polar surface area (TPSA) is 49.7 Å². The SMILES string of the molecule is CC(=O)SCC=Cc1cccc(C=NO)c1. The molecule has 84 valence electrons. The molecule has 1 aromatic carbocycles. The first-order chi connectivity index (χ1) is 7.72. The Morgan fingerprint density at radius 2 is 2.25 bits per heavy atom. The zero-order valence-corrected chi connectivity index (χ0v) is 9.78. The van der Waals surface area contributed by atoms with Gasteiger partial charge in [0.2, 0.25) is 0 Å². The van der Waals surface area contributed by atoms with Crippen molar-refractivity contribution in [2.45, 2.75) is 6.92 Å². The summed E-state index contributed by atoms with van der Waals surface area (Å²) in [6.45, 7) is 1.55. The molecule has 0 aliphatic rings. The standard InChI is InChI=1S/C12H13NO2S/c1-10(14)16-7-3-6-11-4-2-5-12(8-11)9-13-15/h2-6,8-9,15H,7H2,1H3. The van der Waals surface area contributed by atoms with E-state index in [0.29, 0.717) is 5.75 Å². The van der Waals surface area contributed by atoms with Crippen molar-refractivity contribution in [3.8, 4) is 0 Å². The Labute approximate surface area is 98.9 Å². The van der Waals surface area contributed by atoms with E-state index < -0.39 is 0 Å². The smallest absolute Gasteiger partial charge is 0.186 e. The lowest BCUT2D eigenvalue weighted by Crippen LogP contribution is -1.83. The number of benzene rings is 1. The van der Waals surface area contributed by atoms with Gasteiger partial charge in [0, 0.05) is 12.7 Å². The van der Waals surface area contributed by atoms with Crippen LogP contribution in [0.15, 0.2) is 35.5 Å². The second-order valence-corrected chi connectivity index (χ2v) is 4.32. The van der Waals surface area contributed by atoms with Crippen molar-refractivity contribution in [3.05, 3.63) is 41.5 Å². The summed E-state index contributed by atoms with van der Waals surface area (Å²) in [5, 5.41) is 11.5. The Hall–Kier alpha value is -1.55. The van der Waals surface area contributed by atoms with Crippen LogP contribution in [0, 0.1) is 0 Å². The molecule has 0 unspecified atom stereocenters. The average Bonchev–Trinajstić information content (AvgIpc) is 2.25. The first-order valence-electron chi connectivity index (χ1n) is 4.80. The quantitative estimate of drug-likeness (QED) is 0.496. The molecule has 16 heavy (non-hydrogen) atoms. The van der Waals surface area contributed by atoms with Crippen molar-refractivity contribution in [2.24, 2.45) is 5.16 Å². The molecule has 1 rings (SSSR count). The van der Waals surface area contributed by atoms with Crippen molar-refractivity contribution in [1.29, 1.82) is 0 Å². The molecule has 4 heteroatoms. The molecule has 0 bridgehead atoms. The molecule has 1 aromatic rings. The van der Waals surface area contributed by atoms with Crippen LogP contribution in [0.1, 0.15) is 18.1 Å². The highest BCUT2D eigenvalue weighted by atomic mass is 32.2. The van der Waals surface area contributed by atoms with Gasteiger partial charge in [-0.2, -0.15) is 0 Å². The largest absolute Gasteiger partial charge is 0.411 e. The highest BCUT2D eigenvalue weighted by Gasteiger charge is 1.91. The first kappa shape index (κ1) is 12.5. The summed E-state index contributed by atoms with van der Waals surface area (Å²) in [6, 6.07) is 7.58. The maximum absolute atomic E-state index is 10.7. The van der Waals surface area contributed by atoms with Gasteiger partial charge < -0.3 is 5.21 Å². The lowest BCUT2D eigenvalue weighted by Gasteiger charge is -1.95. The first-order valence-corrected chi connectivity index (χ1v) is 5.78. The molecule has 0 aliphatic carbocycles. The summed E-state index contributed by atoms with van der Waals surface area (Å²) in [4.78, 5) is 10.7. The maximum atomic E-state index is 10.7. The van der Waals surface area contributed by atoms with Gasteiger partial charge in [0.25, 0.3) is 0 Å². The van der Waals surface area contributed by atoms with E-state index in [-0.39, 0.29) is 5.12 Å². The number of hydrogen-bond acceptors (Lipinski definition) is 4. The predicted octanol–water partition coefficient (Wildman–Crippen LogP) is 2.79. The zero-order chi connectivity index (χ0) is 11.8. The molecule has 0 saturated carbocycles. The van der Waals surface area contributed by atoms with E-state index in [0.717, 1.165) is 11.1 Å². The molecular weight excluding hydrogens is 222 g/mol. The van der Waals surface area contributed by atoms with Crippen molar-refractivity contribution in [3.63, 3.8) is 0 Å². The van der Waals surface area contributed by atoms with Crippen LogP contribution >= 0.6 is 11.8 Å². The number of oxime groups is 1. The van der Waals surface area contributed by atoms with Crippen LogP contribution in [0.4, 0.5) is 0 Å². The average molecular weight is 235 g/mol. The molecule has 1 N–H and O–H groups in total. The number of carbonyl (C=O) groups excluding carboxylic acids is 1. The maximum Gasteiger partial charge on any atom is 0.186 e. The minimum Gasteiger partial charge on any atom is -0.411 e. The normalized spacial score (nSPS) is 11.3. The number of nitrogens with zero attached hydrogens (tertiary/aromatic N) is 1. The number of rotatable bonds is 4. The fourth-order valence-corrected chi connectivity index (χ4v) is 1.59. The third kappa shape index (κ3) is 4.79. The number of thioether (sulfide) groups is 1.